The van der Waals surface area contributed by atoms with E-state index in [1.807, 2.05) is 0 Å². The monoisotopic (exact) mass is 275 g/mol. The van der Waals surface area contributed by atoms with Gasteiger partial charge in [-0.05, 0) is 11.6 Å². The zero-order chi connectivity index (χ0) is 14.1. The highest BCUT2D eigenvalue weighted by molar-refractivity contribution is 5.33. The minimum Gasteiger partial charge on any atom is -0.324 e. The summed E-state index contributed by atoms with van der Waals surface area (Å²) in [5.74, 6) is -1.64. The summed E-state index contributed by atoms with van der Waals surface area (Å²) in [7, 11) is 0. The Balaban J connectivity index is 3.21. The summed E-state index contributed by atoms with van der Waals surface area (Å²) >= 11 is 0. The van der Waals surface area contributed by atoms with Crippen LogP contribution in [0.3, 0.4) is 0 Å². The number of hydrogen-bond acceptors (Lipinski definition) is 1. The standard InChI is InChI=1S/C10H8F7N/c11-6-3-1-2-5(8(6)10(15,16)17)7(18)4-9(12,13)14/h1-3,7H,4,18H2/t7-/m1/s1. The van der Waals surface area contributed by atoms with Crippen molar-refractivity contribution in [2.45, 2.75) is 24.8 Å². The van der Waals surface area contributed by atoms with Crippen LogP contribution in [0.5, 0.6) is 0 Å². The molecule has 8 heteroatoms. The Labute approximate surface area is 97.4 Å². The molecule has 0 aliphatic rings. The molecule has 1 nitrogen and oxygen atoms in total. The normalized spacial score (nSPS) is 14.7. The van der Waals surface area contributed by atoms with E-state index < -0.39 is 41.8 Å². The molecule has 0 amide bonds. The van der Waals surface area contributed by atoms with Crippen molar-refractivity contribution in [2.24, 2.45) is 5.73 Å². The van der Waals surface area contributed by atoms with Crippen molar-refractivity contribution >= 4 is 0 Å². The maximum atomic E-state index is 13.1. The Morgan fingerprint density at radius 2 is 1.61 bits per heavy atom. The molecule has 1 aromatic rings. The second kappa shape index (κ2) is 4.75. The molecule has 0 aliphatic carbocycles. The van der Waals surface area contributed by atoms with Gasteiger partial charge in [-0.15, -0.1) is 0 Å². The molecular formula is C10H8F7N. The van der Waals surface area contributed by atoms with Gasteiger partial charge in [0, 0.05) is 6.04 Å². The number of alkyl halides is 6. The third kappa shape index (κ3) is 3.59. The van der Waals surface area contributed by atoms with Crippen LogP contribution in [0, 0.1) is 5.82 Å². The molecule has 1 rings (SSSR count). The quantitative estimate of drug-likeness (QED) is 0.816. The molecular weight excluding hydrogens is 267 g/mol. The average Bonchev–Trinajstić information content (AvgIpc) is 2.12. The van der Waals surface area contributed by atoms with E-state index in [9.17, 15) is 30.7 Å². The van der Waals surface area contributed by atoms with E-state index in [1.54, 1.807) is 0 Å². The Bertz CT molecular complexity index is 421. The van der Waals surface area contributed by atoms with Crippen LogP contribution >= 0.6 is 0 Å². The van der Waals surface area contributed by atoms with Gasteiger partial charge in [0.2, 0.25) is 0 Å². The molecule has 0 heterocycles. The first kappa shape index (κ1) is 14.7. The smallest absolute Gasteiger partial charge is 0.324 e. The molecule has 1 aromatic carbocycles. The molecule has 2 N–H and O–H groups in total. The van der Waals surface area contributed by atoms with E-state index >= 15 is 0 Å². The largest absolute Gasteiger partial charge is 0.419 e. The van der Waals surface area contributed by atoms with Crippen LogP contribution in [0.15, 0.2) is 18.2 Å². The third-order valence-corrected chi connectivity index (χ3v) is 2.18. The van der Waals surface area contributed by atoms with Gasteiger partial charge in [0.05, 0.1) is 12.0 Å². The maximum absolute atomic E-state index is 13.1. The van der Waals surface area contributed by atoms with Gasteiger partial charge in [0.15, 0.2) is 0 Å². The summed E-state index contributed by atoms with van der Waals surface area (Å²) in [5.41, 5.74) is 2.41. The minimum atomic E-state index is -5.09. The van der Waals surface area contributed by atoms with Crippen LogP contribution in [-0.2, 0) is 6.18 Å². The van der Waals surface area contributed by atoms with Gasteiger partial charge >= 0.3 is 12.4 Å². The highest BCUT2D eigenvalue weighted by atomic mass is 19.4. The third-order valence-electron chi connectivity index (χ3n) is 2.18. The average molecular weight is 275 g/mol. The van der Waals surface area contributed by atoms with Gasteiger partial charge in [-0.25, -0.2) is 4.39 Å². The topological polar surface area (TPSA) is 26.0 Å². The Morgan fingerprint density at radius 1 is 1.06 bits per heavy atom. The zero-order valence-corrected chi connectivity index (χ0v) is 8.74. The summed E-state index contributed by atoms with van der Waals surface area (Å²) in [4.78, 5) is 0. The predicted molar refractivity (Wildman–Crippen MR) is 49.0 cm³/mol. The molecule has 0 bridgehead atoms. The summed E-state index contributed by atoms with van der Waals surface area (Å²) in [6.07, 6.45) is -11.5. The number of rotatable bonds is 2. The molecule has 1 atom stereocenters. The van der Waals surface area contributed by atoms with Crippen LogP contribution in [0.25, 0.3) is 0 Å². The van der Waals surface area contributed by atoms with Crippen LogP contribution in [-0.4, -0.2) is 6.18 Å². The zero-order valence-electron chi connectivity index (χ0n) is 8.74. The molecule has 0 fully saturated rings. The second-order valence-electron chi connectivity index (χ2n) is 3.63. The van der Waals surface area contributed by atoms with Crippen molar-refractivity contribution in [3.63, 3.8) is 0 Å². The number of hydrogen-bond donors (Lipinski definition) is 1. The summed E-state index contributed by atoms with van der Waals surface area (Å²) < 4.78 is 86.9. The van der Waals surface area contributed by atoms with Gasteiger partial charge in [-0.3, -0.25) is 0 Å². The van der Waals surface area contributed by atoms with Gasteiger partial charge in [-0.2, -0.15) is 26.3 Å². The van der Waals surface area contributed by atoms with Gasteiger partial charge in [0.25, 0.3) is 0 Å². The first-order valence-electron chi connectivity index (χ1n) is 4.70. The maximum Gasteiger partial charge on any atom is 0.419 e. The lowest BCUT2D eigenvalue weighted by molar-refractivity contribution is -0.146. The van der Waals surface area contributed by atoms with E-state index in [4.69, 9.17) is 5.73 Å². The van der Waals surface area contributed by atoms with Crippen molar-refractivity contribution in [3.05, 3.63) is 35.1 Å². The van der Waals surface area contributed by atoms with Gasteiger partial charge < -0.3 is 5.73 Å². The molecule has 0 aromatic heterocycles. The van der Waals surface area contributed by atoms with Crippen LogP contribution in [0.1, 0.15) is 23.6 Å². The number of halogens is 7. The Kier molecular flexibility index (Phi) is 3.89. The summed E-state index contributed by atoms with van der Waals surface area (Å²) in [6.45, 7) is 0. The van der Waals surface area contributed by atoms with Crippen LogP contribution in [0.4, 0.5) is 30.7 Å². The summed E-state index contributed by atoms with van der Waals surface area (Å²) in [6, 6.07) is 0.183. The molecule has 102 valence electrons. The van der Waals surface area contributed by atoms with Gasteiger partial charge in [-0.1, -0.05) is 12.1 Å². The Morgan fingerprint density at radius 3 is 2.06 bits per heavy atom. The van der Waals surface area contributed by atoms with E-state index in [0.717, 1.165) is 12.1 Å². The fourth-order valence-corrected chi connectivity index (χ4v) is 1.51. The van der Waals surface area contributed by atoms with Crippen molar-refractivity contribution in [3.8, 4) is 0 Å². The lowest BCUT2D eigenvalue weighted by atomic mass is 9.97. The molecule has 0 spiro atoms. The Hall–Kier alpha value is -1.31. The van der Waals surface area contributed by atoms with E-state index in [0.29, 0.717) is 6.07 Å². The molecule has 0 saturated heterocycles. The second-order valence-corrected chi connectivity index (χ2v) is 3.63. The van der Waals surface area contributed by atoms with Crippen molar-refractivity contribution < 1.29 is 30.7 Å². The van der Waals surface area contributed by atoms with E-state index in [2.05, 4.69) is 0 Å². The minimum absolute atomic E-state index is 0.520. The van der Waals surface area contributed by atoms with Crippen molar-refractivity contribution in [2.75, 3.05) is 0 Å². The van der Waals surface area contributed by atoms with Crippen LogP contribution in [0.2, 0.25) is 0 Å². The van der Waals surface area contributed by atoms with Gasteiger partial charge in [0.1, 0.15) is 5.82 Å². The lowest BCUT2D eigenvalue weighted by Crippen LogP contribution is -2.24. The first-order valence-corrected chi connectivity index (χ1v) is 4.70. The SMILES string of the molecule is N[C@H](CC(F)(F)F)c1cccc(F)c1C(F)(F)F. The fraction of sp³-hybridized carbons (Fsp3) is 0.400. The molecule has 0 saturated carbocycles. The molecule has 18 heavy (non-hydrogen) atoms. The number of benzene rings is 1. The fourth-order valence-electron chi connectivity index (χ4n) is 1.51. The predicted octanol–water partition coefficient (Wildman–Crippen LogP) is 3.80. The highest BCUT2D eigenvalue weighted by Gasteiger charge is 2.40. The van der Waals surface area contributed by atoms with E-state index in [1.165, 1.54) is 0 Å². The van der Waals surface area contributed by atoms with Crippen molar-refractivity contribution in [1.29, 1.82) is 0 Å². The first-order chi connectivity index (χ1) is 8.02. The number of nitrogens with two attached hydrogens (primary N) is 1. The highest BCUT2D eigenvalue weighted by Crippen LogP contribution is 2.38. The molecule has 0 aliphatic heterocycles. The van der Waals surface area contributed by atoms with Crippen molar-refractivity contribution in [1.82, 2.24) is 0 Å². The molecule has 0 radical (unpaired) electrons. The summed E-state index contributed by atoms with van der Waals surface area (Å²) in [5, 5.41) is 0. The van der Waals surface area contributed by atoms with Crippen LogP contribution < -0.4 is 5.73 Å². The van der Waals surface area contributed by atoms with E-state index in [-0.39, 0.29) is 0 Å². The lowest BCUT2D eigenvalue weighted by Gasteiger charge is -2.19. The molecule has 0 unspecified atom stereocenters.